The lowest BCUT2D eigenvalue weighted by atomic mass is 9.96. The Morgan fingerprint density at radius 3 is 2.71 bits per heavy atom. The average Bonchev–Trinajstić information content (AvgIpc) is 3.26. The predicted octanol–water partition coefficient (Wildman–Crippen LogP) is 2.00. The maximum absolute atomic E-state index is 13.0. The summed E-state index contributed by atoms with van der Waals surface area (Å²) in [5.41, 5.74) is 1.96. The molecule has 0 spiro atoms. The number of amides is 4. The number of esters is 1. The van der Waals surface area contributed by atoms with Crippen molar-refractivity contribution >= 4 is 29.4 Å². The molecule has 1 aromatic heterocycles. The van der Waals surface area contributed by atoms with Gasteiger partial charge in [0.1, 0.15) is 0 Å². The molecule has 1 fully saturated rings. The van der Waals surface area contributed by atoms with Crippen molar-refractivity contribution in [2.24, 2.45) is 0 Å². The van der Waals surface area contributed by atoms with E-state index < -0.39 is 12.0 Å². The molecule has 2 N–H and O–H groups in total. The Morgan fingerprint density at radius 1 is 1.32 bits per heavy atom. The summed E-state index contributed by atoms with van der Waals surface area (Å²) in [7, 11) is 1.67. The summed E-state index contributed by atoms with van der Waals surface area (Å²) in [5.74, 6) is -0.422. The molecule has 1 saturated heterocycles. The van der Waals surface area contributed by atoms with Gasteiger partial charge < -0.3 is 20.3 Å². The van der Waals surface area contributed by atoms with Crippen molar-refractivity contribution in [3.8, 4) is 0 Å². The number of rotatable bonds is 6. The van der Waals surface area contributed by atoms with Crippen molar-refractivity contribution in [1.82, 2.24) is 25.3 Å². The van der Waals surface area contributed by atoms with E-state index >= 15 is 0 Å². The second kappa shape index (κ2) is 10.1. The molecule has 9 nitrogen and oxygen atoms in total. The summed E-state index contributed by atoms with van der Waals surface area (Å²) in [6, 6.07) is 1.06. The Labute approximate surface area is 187 Å². The van der Waals surface area contributed by atoms with Gasteiger partial charge in [0, 0.05) is 51.5 Å². The minimum absolute atomic E-state index is 0.0161. The second-order valence-electron chi connectivity index (χ2n) is 7.69. The molecule has 0 aromatic carbocycles. The molecule has 31 heavy (non-hydrogen) atoms. The van der Waals surface area contributed by atoms with Crippen LogP contribution in [-0.4, -0.2) is 85.2 Å². The summed E-state index contributed by atoms with van der Waals surface area (Å²) in [6.45, 7) is 8.83. The number of hydrogen-bond donors (Lipinski definition) is 2. The molecule has 2 atom stereocenters. The lowest BCUT2D eigenvalue weighted by molar-refractivity contribution is -0.139. The van der Waals surface area contributed by atoms with Crippen LogP contribution in [0.4, 0.5) is 9.59 Å². The Hall–Kier alpha value is -2.59. The zero-order chi connectivity index (χ0) is 22.5. The molecular formula is C21H31N5O4S. The highest BCUT2D eigenvalue weighted by atomic mass is 32.1. The number of nitrogens with one attached hydrogen (secondary N) is 2. The first-order chi connectivity index (χ1) is 14.9. The summed E-state index contributed by atoms with van der Waals surface area (Å²) in [6.07, 6.45) is 0. The lowest BCUT2D eigenvalue weighted by Gasteiger charge is -2.42. The van der Waals surface area contributed by atoms with Gasteiger partial charge in [-0.2, -0.15) is 11.3 Å². The molecule has 0 saturated carbocycles. The molecular weight excluding hydrogens is 418 g/mol. The third kappa shape index (κ3) is 5.01. The highest BCUT2D eigenvalue weighted by Gasteiger charge is 2.38. The van der Waals surface area contributed by atoms with Crippen LogP contribution in [0.25, 0.3) is 0 Å². The molecule has 2 aliphatic rings. The smallest absolute Gasteiger partial charge is 0.338 e. The van der Waals surface area contributed by atoms with Crippen LogP contribution in [0.5, 0.6) is 0 Å². The molecule has 170 valence electrons. The zero-order valence-electron chi connectivity index (χ0n) is 18.5. The summed E-state index contributed by atoms with van der Waals surface area (Å²) < 4.78 is 5.36. The Balaban J connectivity index is 1.88. The lowest BCUT2D eigenvalue weighted by Crippen LogP contribution is -2.57. The van der Waals surface area contributed by atoms with Crippen LogP contribution in [0.2, 0.25) is 0 Å². The molecule has 2 aliphatic heterocycles. The number of thiophene rings is 1. The van der Waals surface area contributed by atoms with Crippen molar-refractivity contribution in [1.29, 1.82) is 0 Å². The van der Waals surface area contributed by atoms with Crippen LogP contribution < -0.4 is 10.6 Å². The third-order valence-electron chi connectivity index (χ3n) is 5.62. The fourth-order valence-electron chi connectivity index (χ4n) is 4.03. The van der Waals surface area contributed by atoms with Crippen molar-refractivity contribution in [3.63, 3.8) is 0 Å². The molecule has 0 unspecified atom stereocenters. The SMILES string of the molecule is CCNC(=O)N1CCN(CC2=C(C(=O)OCC)[C@@H](c3ccsc3)NC(=O)N2C)C[C@H]1C. The number of carbonyl (C=O) groups excluding carboxylic acids is 3. The van der Waals surface area contributed by atoms with Crippen LogP contribution in [0, 0.1) is 0 Å². The van der Waals surface area contributed by atoms with E-state index in [9.17, 15) is 14.4 Å². The molecule has 0 radical (unpaired) electrons. The first-order valence-electron chi connectivity index (χ1n) is 10.6. The quantitative estimate of drug-likeness (QED) is 0.648. The molecule has 3 heterocycles. The van der Waals surface area contributed by atoms with Crippen molar-refractivity contribution in [2.45, 2.75) is 32.9 Å². The normalized spacial score (nSPS) is 22.4. The highest BCUT2D eigenvalue weighted by Crippen LogP contribution is 2.32. The van der Waals surface area contributed by atoms with Gasteiger partial charge in [-0.3, -0.25) is 9.80 Å². The molecule has 10 heteroatoms. The van der Waals surface area contributed by atoms with E-state index in [0.29, 0.717) is 44.0 Å². The molecule has 4 amide bonds. The third-order valence-corrected chi connectivity index (χ3v) is 6.32. The molecule has 1 aromatic rings. The van der Waals surface area contributed by atoms with Crippen LogP contribution in [0.15, 0.2) is 28.1 Å². The van der Waals surface area contributed by atoms with Gasteiger partial charge in [0.25, 0.3) is 0 Å². The van der Waals surface area contributed by atoms with Crippen molar-refractivity contribution in [2.75, 3.05) is 46.4 Å². The van der Waals surface area contributed by atoms with E-state index in [0.717, 1.165) is 5.56 Å². The number of urea groups is 2. The standard InChI is InChI=1S/C21H31N5O4S/c1-5-22-20(28)26-9-8-25(11-14(26)3)12-16-17(19(27)30-6-2)18(15-7-10-31-13-15)23-21(29)24(16)4/h7,10,13-14,18H,5-6,8-9,11-12H2,1-4H3,(H,22,28)(H,23,29)/t14-,18-/m1/s1. The first-order valence-corrected chi connectivity index (χ1v) is 11.5. The Bertz CT molecular complexity index is 841. The maximum Gasteiger partial charge on any atom is 0.338 e. The van der Waals surface area contributed by atoms with Gasteiger partial charge in [-0.25, -0.2) is 14.4 Å². The average molecular weight is 450 g/mol. The monoisotopic (exact) mass is 449 g/mol. The number of carbonyl (C=O) groups is 3. The zero-order valence-corrected chi connectivity index (χ0v) is 19.3. The van der Waals surface area contributed by atoms with Gasteiger partial charge >= 0.3 is 18.0 Å². The Morgan fingerprint density at radius 2 is 2.10 bits per heavy atom. The fourth-order valence-corrected chi connectivity index (χ4v) is 4.72. The summed E-state index contributed by atoms with van der Waals surface area (Å²) in [4.78, 5) is 43.4. The van der Waals surface area contributed by atoms with E-state index in [4.69, 9.17) is 4.74 Å². The molecule has 0 aliphatic carbocycles. The fraction of sp³-hybridized carbons (Fsp3) is 0.571. The van der Waals surface area contributed by atoms with Gasteiger partial charge in [-0.1, -0.05) is 0 Å². The second-order valence-corrected chi connectivity index (χ2v) is 8.47. The topological polar surface area (TPSA) is 94.2 Å². The number of nitrogens with zero attached hydrogens (tertiary/aromatic N) is 3. The minimum Gasteiger partial charge on any atom is -0.463 e. The van der Waals surface area contributed by atoms with Crippen molar-refractivity contribution < 1.29 is 19.1 Å². The van der Waals surface area contributed by atoms with E-state index in [2.05, 4.69) is 15.5 Å². The molecule has 0 bridgehead atoms. The van der Waals surface area contributed by atoms with Crippen LogP contribution >= 0.6 is 11.3 Å². The highest BCUT2D eigenvalue weighted by molar-refractivity contribution is 7.08. The number of ether oxygens (including phenoxy) is 1. The van der Waals surface area contributed by atoms with Gasteiger partial charge in [0.15, 0.2) is 0 Å². The van der Waals surface area contributed by atoms with Gasteiger partial charge in [-0.05, 0) is 43.2 Å². The van der Waals surface area contributed by atoms with Crippen molar-refractivity contribution in [3.05, 3.63) is 33.7 Å². The Kier molecular flexibility index (Phi) is 7.55. The molecule has 3 rings (SSSR count). The van der Waals surface area contributed by atoms with E-state index in [1.54, 1.807) is 14.0 Å². The van der Waals surface area contributed by atoms with Crippen LogP contribution in [-0.2, 0) is 9.53 Å². The van der Waals surface area contributed by atoms with Gasteiger partial charge in [0.2, 0.25) is 0 Å². The van der Waals surface area contributed by atoms with Crippen LogP contribution in [0.1, 0.15) is 32.4 Å². The number of hydrogen-bond acceptors (Lipinski definition) is 6. The first kappa shape index (κ1) is 23.1. The minimum atomic E-state index is -0.543. The number of likely N-dealkylation sites (N-methyl/N-ethyl adjacent to an activating group) is 1. The van der Waals surface area contributed by atoms with Gasteiger partial charge in [0.05, 0.1) is 18.2 Å². The van der Waals surface area contributed by atoms with Gasteiger partial charge in [-0.15, -0.1) is 0 Å². The van der Waals surface area contributed by atoms with E-state index in [-0.39, 0.29) is 24.7 Å². The summed E-state index contributed by atoms with van der Waals surface area (Å²) >= 11 is 1.51. The predicted molar refractivity (Wildman–Crippen MR) is 119 cm³/mol. The van der Waals surface area contributed by atoms with Crippen LogP contribution in [0.3, 0.4) is 0 Å². The largest absolute Gasteiger partial charge is 0.463 e. The maximum atomic E-state index is 13.0. The number of piperazine rings is 1. The van der Waals surface area contributed by atoms with E-state index in [1.807, 2.05) is 35.6 Å². The van der Waals surface area contributed by atoms with E-state index in [1.165, 1.54) is 16.2 Å². The summed E-state index contributed by atoms with van der Waals surface area (Å²) in [5, 5.41) is 9.63.